The summed E-state index contributed by atoms with van der Waals surface area (Å²) in [6.45, 7) is 0.298. The lowest BCUT2D eigenvalue weighted by Gasteiger charge is -2.23. The number of ether oxygens (including phenoxy) is 1. The topological polar surface area (TPSA) is 61.2 Å². The van der Waals surface area contributed by atoms with Crippen LogP contribution in [0.25, 0.3) is 12.2 Å². The Morgan fingerprint density at radius 2 is 1.60 bits per heavy atom. The van der Waals surface area contributed by atoms with Gasteiger partial charge in [0, 0.05) is 17.7 Å². The number of nitrogens with zero attached hydrogens (tertiary/aromatic N) is 2. The van der Waals surface area contributed by atoms with E-state index in [9.17, 15) is 9.59 Å². The fraction of sp³-hybridized carbons (Fsp3) is 0.138. The first kappa shape index (κ1) is 22.9. The number of thioether (sulfide) groups is 1. The second-order valence-electron chi connectivity index (χ2n) is 8.33. The maximum absolute atomic E-state index is 13.0. The van der Waals surface area contributed by atoms with E-state index in [0.29, 0.717) is 17.1 Å². The minimum atomic E-state index is -0.407. The average molecular weight is 481 g/mol. The van der Waals surface area contributed by atoms with Gasteiger partial charge >= 0.3 is 11.7 Å². The summed E-state index contributed by atoms with van der Waals surface area (Å²) in [4.78, 5) is 29.5. The monoisotopic (exact) mass is 480 g/mol. The van der Waals surface area contributed by atoms with Crippen LogP contribution in [0.15, 0.2) is 88.8 Å². The molecule has 1 heterocycles. The number of esters is 1. The number of rotatable bonds is 5. The summed E-state index contributed by atoms with van der Waals surface area (Å²) in [5.74, 6) is -0.490. The smallest absolute Gasteiger partial charge is 0.348 e. The highest BCUT2D eigenvalue weighted by atomic mass is 32.2. The van der Waals surface area contributed by atoms with Crippen LogP contribution in [0.4, 0.5) is 0 Å². The molecule has 0 bridgehead atoms. The molecule has 0 fully saturated rings. The predicted molar refractivity (Wildman–Crippen MR) is 140 cm³/mol. The number of carbonyl (C=O) groups is 1. The van der Waals surface area contributed by atoms with Crippen molar-refractivity contribution in [2.45, 2.75) is 17.5 Å². The molecular weight excluding hydrogens is 456 g/mol. The number of hydrogen-bond donors (Lipinski definition) is 0. The number of hydrogen-bond acceptors (Lipinski definition) is 5. The molecule has 0 N–H and O–H groups in total. The van der Waals surface area contributed by atoms with Gasteiger partial charge in [0.15, 0.2) is 0 Å². The second kappa shape index (κ2) is 9.76. The Hall–Kier alpha value is -3.90. The van der Waals surface area contributed by atoms with E-state index in [1.807, 2.05) is 42.8 Å². The minimum absolute atomic E-state index is 0.0828. The van der Waals surface area contributed by atoms with Crippen LogP contribution in [-0.4, -0.2) is 28.9 Å². The summed E-state index contributed by atoms with van der Waals surface area (Å²) in [5.41, 5.74) is 6.55. The lowest BCUT2D eigenvalue weighted by atomic mass is 9.83. The Kier molecular flexibility index (Phi) is 6.38. The van der Waals surface area contributed by atoms with Gasteiger partial charge in [-0.15, -0.1) is 11.8 Å². The van der Waals surface area contributed by atoms with Crippen LogP contribution in [0, 0.1) is 0 Å². The number of aromatic nitrogens is 2. The summed E-state index contributed by atoms with van der Waals surface area (Å²) < 4.78 is 6.46. The van der Waals surface area contributed by atoms with Crippen LogP contribution >= 0.6 is 11.8 Å². The Balaban J connectivity index is 1.66. The predicted octanol–water partition coefficient (Wildman–Crippen LogP) is 5.46. The van der Waals surface area contributed by atoms with Crippen LogP contribution in [0.2, 0.25) is 0 Å². The van der Waals surface area contributed by atoms with Crippen molar-refractivity contribution in [1.29, 1.82) is 0 Å². The van der Waals surface area contributed by atoms with Crippen LogP contribution in [0.3, 0.4) is 0 Å². The molecule has 0 saturated carbocycles. The molecule has 0 saturated heterocycles. The van der Waals surface area contributed by atoms with Crippen molar-refractivity contribution in [2.75, 3.05) is 13.4 Å². The molecule has 1 aliphatic rings. The Morgan fingerprint density at radius 1 is 0.943 bits per heavy atom. The van der Waals surface area contributed by atoms with Gasteiger partial charge < -0.3 is 4.74 Å². The van der Waals surface area contributed by atoms with Gasteiger partial charge in [-0.05, 0) is 46.2 Å². The van der Waals surface area contributed by atoms with Gasteiger partial charge in [0.2, 0.25) is 0 Å². The fourth-order valence-corrected chi connectivity index (χ4v) is 5.19. The Labute approximate surface area is 208 Å². The zero-order chi connectivity index (χ0) is 24.4. The second-order valence-corrected chi connectivity index (χ2v) is 9.13. The van der Waals surface area contributed by atoms with Gasteiger partial charge in [-0.2, -0.15) is 4.98 Å². The highest BCUT2D eigenvalue weighted by molar-refractivity contribution is 7.98. The van der Waals surface area contributed by atoms with Gasteiger partial charge in [-0.1, -0.05) is 72.8 Å². The Morgan fingerprint density at radius 3 is 2.23 bits per heavy atom. The molecule has 6 heteroatoms. The number of fused-ring (bicyclic) bond motifs is 2. The zero-order valence-corrected chi connectivity index (χ0v) is 20.3. The van der Waals surface area contributed by atoms with Gasteiger partial charge in [-0.25, -0.2) is 9.59 Å². The third-order valence-electron chi connectivity index (χ3n) is 6.25. The van der Waals surface area contributed by atoms with Gasteiger partial charge in [0.05, 0.1) is 19.2 Å². The molecule has 3 aromatic carbocycles. The standard InChI is InChI=1S/C29H24N2O3S/c1-34-28(32)22-11-7-8-19(16-22)17-31-18-25(27(35-2)30-29(31)33)26-23-12-5-3-9-20(23)14-15-21-10-4-6-13-24(21)26/h3-16,18,26H,17H2,1-2H3. The molecule has 0 aliphatic heterocycles. The van der Waals surface area contributed by atoms with Crippen LogP contribution in [0.5, 0.6) is 0 Å². The molecule has 0 radical (unpaired) electrons. The summed E-state index contributed by atoms with van der Waals surface area (Å²) in [6, 6.07) is 23.8. The van der Waals surface area contributed by atoms with Crippen molar-refractivity contribution in [3.63, 3.8) is 0 Å². The summed E-state index contributed by atoms with van der Waals surface area (Å²) in [7, 11) is 1.36. The molecule has 5 rings (SSSR count). The lowest BCUT2D eigenvalue weighted by molar-refractivity contribution is 0.0600. The summed E-state index contributed by atoms with van der Waals surface area (Å²) >= 11 is 1.48. The quantitative estimate of drug-likeness (QED) is 0.190. The largest absolute Gasteiger partial charge is 0.465 e. The van der Waals surface area contributed by atoms with Crippen molar-refractivity contribution < 1.29 is 9.53 Å². The maximum Gasteiger partial charge on any atom is 0.348 e. The number of carbonyl (C=O) groups excluding carboxylic acids is 1. The molecule has 174 valence electrons. The molecule has 35 heavy (non-hydrogen) atoms. The SMILES string of the molecule is COC(=O)c1cccc(Cn2cc(C3c4ccccc4C=Cc4ccccc43)c(SC)nc2=O)c1. The average Bonchev–Trinajstić information content (AvgIpc) is 3.06. The number of benzene rings is 3. The van der Waals surface area contributed by atoms with Crippen molar-refractivity contribution in [3.8, 4) is 0 Å². The molecule has 1 aliphatic carbocycles. The molecule has 0 unspecified atom stereocenters. The van der Waals surface area contributed by atoms with Crippen molar-refractivity contribution in [1.82, 2.24) is 9.55 Å². The van der Waals surface area contributed by atoms with Crippen LogP contribution in [-0.2, 0) is 11.3 Å². The highest BCUT2D eigenvalue weighted by Gasteiger charge is 2.26. The molecule has 0 spiro atoms. The van der Waals surface area contributed by atoms with Gasteiger partial charge in [-0.3, -0.25) is 4.57 Å². The Bertz CT molecular complexity index is 1460. The first-order chi connectivity index (χ1) is 17.1. The molecule has 0 amide bonds. The summed E-state index contributed by atoms with van der Waals surface area (Å²) in [5, 5.41) is 0.714. The fourth-order valence-electron chi connectivity index (χ4n) is 4.61. The highest BCUT2D eigenvalue weighted by Crippen LogP contribution is 2.41. The van der Waals surface area contributed by atoms with E-state index < -0.39 is 5.97 Å². The van der Waals surface area contributed by atoms with E-state index >= 15 is 0 Å². The molecule has 5 nitrogen and oxygen atoms in total. The maximum atomic E-state index is 13.0. The third-order valence-corrected chi connectivity index (χ3v) is 6.96. The van der Waals surface area contributed by atoms with Crippen LogP contribution < -0.4 is 5.69 Å². The van der Waals surface area contributed by atoms with E-state index in [-0.39, 0.29) is 11.6 Å². The third kappa shape index (κ3) is 4.45. The zero-order valence-electron chi connectivity index (χ0n) is 19.5. The summed E-state index contributed by atoms with van der Waals surface area (Å²) in [6.07, 6.45) is 8.17. The first-order valence-electron chi connectivity index (χ1n) is 11.3. The van der Waals surface area contributed by atoms with Crippen molar-refractivity contribution >= 4 is 29.9 Å². The van der Waals surface area contributed by atoms with E-state index in [2.05, 4.69) is 41.4 Å². The van der Waals surface area contributed by atoms with E-state index in [4.69, 9.17) is 4.74 Å². The molecule has 0 atom stereocenters. The van der Waals surface area contributed by atoms with Gasteiger partial charge in [0.1, 0.15) is 5.03 Å². The van der Waals surface area contributed by atoms with Crippen molar-refractivity contribution in [3.05, 3.63) is 128 Å². The van der Waals surface area contributed by atoms with E-state index in [0.717, 1.165) is 22.3 Å². The first-order valence-corrected chi connectivity index (χ1v) is 12.5. The van der Waals surface area contributed by atoms with E-state index in [1.54, 1.807) is 22.8 Å². The molecule has 4 aromatic rings. The van der Waals surface area contributed by atoms with E-state index in [1.165, 1.54) is 30.0 Å². The van der Waals surface area contributed by atoms with Crippen LogP contribution in [0.1, 0.15) is 49.7 Å². The molecule has 1 aromatic heterocycles. The van der Waals surface area contributed by atoms with Crippen molar-refractivity contribution in [2.24, 2.45) is 0 Å². The number of methoxy groups -OCH3 is 1. The normalized spacial score (nSPS) is 12.5. The molecular formula is C29H24N2O3S. The van der Waals surface area contributed by atoms with Gasteiger partial charge in [0.25, 0.3) is 0 Å². The minimum Gasteiger partial charge on any atom is -0.465 e. The lowest BCUT2D eigenvalue weighted by Crippen LogP contribution is -2.26.